The third-order valence-electron chi connectivity index (χ3n) is 7.39. The first-order valence-electron chi connectivity index (χ1n) is 13.7. The number of Topliss-reactive ketones (excluding diaryl/α,β-unsaturated/α-hetero) is 1. The number of carbonyl (C=O) groups is 4. The van der Waals surface area contributed by atoms with Gasteiger partial charge in [-0.2, -0.15) is 0 Å². The molecule has 2 aromatic carbocycles. The summed E-state index contributed by atoms with van der Waals surface area (Å²) in [6.45, 7) is 0.829. The van der Waals surface area contributed by atoms with Crippen LogP contribution in [-0.2, 0) is 0 Å². The number of nitrogens with two attached hydrogens (primary N) is 1. The second-order valence-electron chi connectivity index (χ2n) is 10.0. The zero-order chi connectivity index (χ0) is 30.8. The number of amides is 2. The number of carbonyl (C=O) groups excluding carboxylic acids is 3. The van der Waals surface area contributed by atoms with Gasteiger partial charge in [0.15, 0.2) is 5.78 Å². The summed E-state index contributed by atoms with van der Waals surface area (Å²) in [5, 5.41) is 15.3. The van der Waals surface area contributed by atoms with Gasteiger partial charge in [-0.3, -0.25) is 14.4 Å². The molecule has 0 unspecified atom stereocenters. The zero-order valence-corrected chi connectivity index (χ0v) is 24.4. The van der Waals surface area contributed by atoms with Gasteiger partial charge in [-0.25, -0.2) is 4.79 Å². The Morgan fingerprint density at radius 1 is 0.762 bits per heavy atom. The topological polar surface area (TPSA) is 176 Å². The van der Waals surface area contributed by atoms with Crippen LogP contribution < -0.4 is 35.3 Å². The number of carboxylic acids is 1. The average Bonchev–Trinajstić information content (AvgIpc) is 3.00. The monoisotopic (exact) mass is 585 g/mol. The summed E-state index contributed by atoms with van der Waals surface area (Å²) < 4.78 is 21.2. The molecule has 2 aromatic rings. The molecule has 0 heterocycles. The van der Waals surface area contributed by atoms with Crippen LogP contribution in [0.15, 0.2) is 24.3 Å². The molecule has 0 aromatic heterocycles. The molecule has 42 heavy (non-hydrogen) atoms. The van der Waals surface area contributed by atoms with Crippen LogP contribution in [0.5, 0.6) is 23.0 Å². The lowest BCUT2D eigenvalue weighted by Gasteiger charge is -2.29. The maximum Gasteiger partial charge on any atom is 0.339 e. The van der Waals surface area contributed by atoms with E-state index < -0.39 is 5.97 Å². The van der Waals surface area contributed by atoms with Crippen LogP contribution in [0.25, 0.3) is 0 Å². The summed E-state index contributed by atoms with van der Waals surface area (Å²) in [7, 11) is 5.64. The van der Waals surface area contributed by atoms with Gasteiger partial charge in [0.2, 0.25) is 0 Å². The molecule has 12 nitrogen and oxygen atoms in total. The summed E-state index contributed by atoms with van der Waals surface area (Å²) in [6.07, 6.45) is 3.51. The van der Waals surface area contributed by atoms with Gasteiger partial charge in [-0.15, -0.1) is 0 Å². The third-order valence-corrected chi connectivity index (χ3v) is 7.39. The average molecular weight is 586 g/mol. The van der Waals surface area contributed by atoms with Crippen molar-refractivity contribution in [1.29, 1.82) is 0 Å². The van der Waals surface area contributed by atoms with E-state index in [0.717, 1.165) is 0 Å². The molecule has 0 bridgehead atoms. The Kier molecular flexibility index (Phi) is 11.5. The van der Waals surface area contributed by atoms with E-state index in [1.54, 1.807) is 0 Å². The van der Waals surface area contributed by atoms with Crippen LogP contribution in [0, 0.1) is 5.92 Å². The van der Waals surface area contributed by atoms with E-state index in [2.05, 4.69) is 10.6 Å². The van der Waals surface area contributed by atoms with Crippen molar-refractivity contribution < 1.29 is 43.2 Å². The number of ketones is 1. The molecule has 0 atom stereocenters. The molecule has 12 heteroatoms. The lowest BCUT2D eigenvalue weighted by Crippen LogP contribution is -2.38. The van der Waals surface area contributed by atoms with Gasteiger partial charge in [-0.1, -0.05) is 0 Å². The first kappa shape index (κ1) is 32.2. The Bertz CT molecular complexity index is 1300. The smallest absolute Gasteiger partial charge is 0.339 e. The maximum absolute atomic E-state index is 13.3. The fourth-order valence-electron chi connectivity index (χ4n) is 5.08. The second kappa shape index (κ2) is 15.1. The highest BCUT2D eigenvalue weighted by Gasteiger charge is 2.28. The Morgan fingerprint density at radius 3 is 1.79 bits per heavy atom. The van der Waals surface area contributed by atoms with Gasteiger partial charge in [0.05, 0.1) is 45.1 Å². The van der Waals surface area contributed by atoms with Crippen LogP contribution >= 0.6 is 0 Å². The zero-order valence-electron chi connectivity index (χ0n) is 24.4. The predicted octanol–water partition coefficient (Wildman–Crippen LogP) is 3.06. The molecule has 0 radical (unpaired) electrons. The molecular weight excluding hydrogens is 546 g/mol. The van der Waals surface area contributed by atoms with Crippen molar-refractivity contribution in [3.63, 3.8) is 0 Å². The van der Waals surface area contributed by atoms with E-state index >= 15 is 0 Å². The van der Waals surface area contributed by atoms with E-state index in [1.807, 2.05) is 0 Å². The first-order chi connectivity index (χ1) is 20.2. The quantitative estimate of drug-likeness (QED) is 0.190. The number of nitrogens with one attached hydrogen (secondary N) is 2. The Balaban J connectivity index is 1.66. The van der Waals surface area contributed by atoms with Crippen LogP contribution in [0.3, 0.4) is 0 Å². The molecule has 0 spiro atoms. The van der Waals surface area contributed by atoms with E-state index in [1.165, 1.54) is 52.7 Å². The number of hydrogen-bond acceptors (Lipinski definition) is 9. The molecule has 0 saturated heterocycles. The van der Waals surface area contributed by atoms with Crippen LogP contribution in [-0.4, -0.2) is 76.2 Å². The SMILES string of the molecule is COc1cc(OC)c(C(=O)CC2CCC(NC(=O)c3cc(C(=O)NCCCN)c(OC)cc3OC)CC2)cc1C(=O)O. The van der Waals surface area contributed by atoms with Gasteiger partial charge < -0.3 is 40.4 Å². The molecule has 0 aliphatic heterocycles. The summed E-state index contributed by atoms with van der Waals surface area (Å²) >= 11 is 0. The van der Waals surface area contributed by atoms with Crippen molar-refractivity contribution >= 4 is 23.6 Å². The van der Waals surface area contributed by atoms with E-state index in [0.29, 0.717) is 45.2 Å². The third kappa shape index (κ3) is 7.69. The van der Waals surface area contributed by atoms with Crippen molar-refractivity contribution in [2.45, 2.75) is 44.6 Å². The molecule has 1 saturated carbocycles. The highest BCUT2D eigenvalue weighted by molar-refractivity contribution is 6.04. The molecule has 228 valence electrons. The minimum Gasteiger partial charge on any atom is -0.496 e. The number of carboxylic acid groups (broad SMARTS) is 1. The van der Waals surface area contributed by atoms with Crippen LogP contribution in [0.2, 0.25) is 0 Å². The first-order valence-corrected chi connectivity index (χ1v) is 13.7. The second-order valence-corrected chi connectivity index (χ2v) is 10.0. The number of hydrogen-bond donors (Lipinski definition) is 4. The van der Waals surface area contributed by atoms with Crippen molar-refractivity contribution in [1.82, 2.24) is 10.6 Å². The molecule has 5 N–H and O–H groups in total. The molecule has 2 amide bonds. The van der Waals surface area contributed by atoms with Crippen LogP contribution in [0.1, 0.15) is 80.0 Å². The minimum absolute atomic E-state index is 0.0603. The summed E-state index contributed by atoms with van der Waals surface area (Å²) in [5.74, 6) is -1.20. The molecule has 1 aliphatic carbocycles. The van der Waals surface area contributed by atoms with Crippen LogP contribution in [0.4, 0.5) is 0 Å². The Labute approximate surface area is 244 Å². The largest absolute Gasteiger partial charge is 0.496 e. The minimum atomic E-state index is -1.20. The standard InChI is InChI=1S/C30H39N3O9/c1-39-24-15-27(42-4)22(30(37)38)13-19(24)23(34)12-17-6-8-18(9-7-17)33-29(36)21-14-20(28(35)32-11-5-10-31)25(40-2)16-26(21)41-3/h13-18H,5-12,31H2,1-4H3,(H,32,35)(H,33,36)(H,37,38). The Morgan fingerprint density at radius 2 is 1.26 bits per heavy atom. The molecule has 3 rings (SSSR count). The van der Waals surface area contributed by atoms with Crippen molar-refractivity contribution in [2.24, 2.45) is 11.7 Å². The molecule has 1 aliphatic rings. The van der Waals surface area contributed by atoms with Crippen molar-refractivity contribution in [3.05, 3.63) is 46.5 Å². The molecular formula is C30H39N3O9. The van der Waals surface area contributed by atoms with Gasteiger partial charge in [-0.05, 0) is 56.7 Å². The Hall–Kier alpha value is -4.32. The summed E-state index contributed by atoms with van der Waals surface area (Å²) in [6, 6.07) is 5.54. The number of ether oxygens (including phenoxy) is 4. The van der Waals surface area contributed by atoms with E-state index in [4.69, 9.17) is 24.7 Å². The lowest BCUT2D eigenvalue weighted by atomic mass is 9.82. The van der Waals surface area contributed by atoms with E-state index in [9.17, 15) is 24.3 Å². The summed E-state index contributed by atoms with van der Waals surface area (Å²) in [5.41, 5.74) is 6.01. The van der Waals surface area contributed by atoms with E-state index in [-0.39, 0.29) is 81.2 Å². The lowest BCUT2D eigenvalue weighted by molar-refractivity contribution is 0.0692. The maximum atomic E-state index is 13.3. The van der Waals surface area contributed by atoms with Crippen molar-refractivity contribution in [2.75, 3.05) is 41.5 Å². The summed E-state index contributed by atoms with van der Waals surface area (Å²) in [4.78, 5) is 50.8. The number of methoxy groups -OCH3 is 4. The number of rotatable bonds is 14. The van der Waals surface area contributed by atoms with Gasteiger partial charge in [0.25, 0.3) is 11.8 Å². The fourth-order valence-corrected chi connectivity index (χ4v) is 5.08. The van der Waals surface area contributed by atoms with Gasteiger partial charge >= 0.3 is 5.97 Å². The predicted molar refractivity (Wildman–Crippen MR) is 154 cm³/mol. The van der Waals surface area contributed by atoms with Gasteiger partial charge in [0, 0.05) is 31.1 Å². The fraction of sp³-hybridized carbons (Fsp3) is 0.467. The van der Waals surface area contributed by atoms with Gasteiger partial charge in [0.1, 0.15) is 28.6 Å². The highest BCUT2D eigenvalue weighted by atomic mass is 16.5. The normalized spacial score (nSPS) is 16.2. The highest BCUT2D eigenvalue weighted by Crippen LogP contribution is 2.34. The van der Waals surface area contributed by atoms with Crippen molar-refractivity contribution in [3.8, 4) is 23.0 Å². The number of aromatic carboxylic acids is 1. The molecule has 1 fully saturated rings. The number of benzene rings is 2.